The summed E-state index contributed by atoms with van der Waals surface area (Å²) in [6.45, 7) is 0.386. The largest absolute Gasteiger partial charge is 0.326 e. The van der Waals surface area contributed by atoms with E-state index in [1.165, 1.54) is 17.8 Å². The Morgan fingerprint density at radius 1 is 1.47 bits per heavy atom. The topological polar surface area (TPSA) is 72.2 Å². The zero-order valence-electron chi connectivity index (χ0n) is 11.0. The van der Waals surface area contributed by atoms with Gasteiger partial charge in [-0.15, -0.1) is 11.3 Å². The van der Waals surface area contributed by atoms with E-state index in [4.69, 9.17) is 5.73 Å². The molecule has 1 saturated carbocycles. The summed E-state index contributed by atoms with van der Waals surface area (Å²) in [5.74, 6) is 0. The van der Waals surface area contributed by atoms with Gasteiger partial charge in [0.25, 0.3) is 0 Å². The van der Waals surface area contributed by atoms with E-state index in [1.54, 1.807) is 23.2 Å². The van der Waals surface area contributed by atoms with Crippen LogP contribution in [0.3, 0.4) is 0 Å². The minimum Gasteiger partial charge on any atom is -0.326 e. The van der Waals surface area contributed by atoms with E-state index < -0.39 is 10.0 Å². The molecule has 1 aliphatic rings. The van der Waals surface area contributed by atoms with Crippen LogP contribution >= 0.6 is 23.1 Å². The number of nitrogens with one attached hydrogen (secondary N) is 1. The molecule has 7 heteroatoms. The summed E-state index contributed by atoms with van der Waals surface area (Å²) in [7, 11) is -3.40. The number of hydrogen-bond acceptors (Lipinski definition) is 5. The molecule has 0 amide bonds. The standard InChI is InChI=1S/C12H20N2O2S3/c1-17-12-5-3-2-4-11(12)14-19(15,16)10-6-9(7-13)18-8-10/h6,8,11-12,14H,2-5,7,13H2,1H3. The Balaban J connectivity index is 2.11. The van der Waals surface area contributed by atoms with Crippen molar-refractivity contribution in [3.8, 4) is 0 Å². The van der Waals surface area contributed by atoms with E-state index in [0.717, 1.165) is 24.1 Å². The third kappa shape index (κ3) is 3.72. The van der Waals surface area contributed by atoms with E-state index >= 15 is 0 Å². The zero-order chi connectivity index (χ0) is 13.9. The first-order valence-electron chi connectivity index (χ1n) is 6.39. The maximum Gasteiger partial charge on any atom is 0.241 e. The van der Waals surface area contributed by atoms with Gasteiger partial charge in [0, 0.05) is 28.1 Å². The summed E-state index contributed by atoms with van der Waals surface area (Å²) in [6.07, 6.45) is 6.36. The lowest BCUT2D eigenvalue weighted by Gasteiger charge is -2.30. The van der Waals surface area contributed by atoms with Gasteiger partial charge < -0.3 is 5.73 Å². The number of thiophene rings is 1. The second-order valence-corrected chi connectivity index (χ2v) is 8.53. The van der Waals surface area contributed by atoms with Crippen molar-refractivity contribution in [2.24, 2.45) is 5.73 Å². The molecule has 2 atom stereocenters. The third-order valence-corrected chi connectivity index (χ3v) is 7.20. The Morgan fingerprint density at radius 3 is 2.84 bits per heavy atom. The monoisotopic (exact) mass is 320 g/mol. The number of thioether (sulfide) groups is 1. The number of rotatable bonds is 5. The summed E-state index contributed by atoms with van der Waals surface area (Å²) in [5, 5.41) is 2.05. The first-order valence-corrected chi connectivity index (χ1v) is 10.0. The molecule has 1 heterocycles. The van der Waals surface area contributed by atoms with Crippen molar-refractivity contribution in [2.45, 2.75) is 48.4 Å². The van der Waals surface area contributed by atoms with Crippen molar-refractivity contribution in [2.75, 3.05) is 6.26 Å². The average molecular weight is 321 g/mol. The maximum atomic E-state index is 12.3. The Bertz CT molecular complexity index is 513. The smallest absolute Gasteiger partial charge is 0.241 e. The summed E-state index contributed by atoms with van der Waals surface area (Å²) < 4.78 is 27.5. The lowest BCUT2D eigenvalue weighted by molar-refractivity contribution is 0.423. The highest BCUT2D eigenvalue weighted by Gasteiger charge is 2.29. The van der Waals surface area contributed by atoms with Crippen LogP contribution in [0.1, 0.15) is 30.6 Å². The van der Waals surface area contributed by atoms with Crippen LogP contribution in [0.15, 0.2) is 16.3 Å². The van der Waals surface area contributed by atoms with Crippen molar-refractivity contribution < 1.29 is 8.42 Å². The molecule has 1 aromatic heterocycles. The first-order chi connectivity index (χ1) is 9.06. The van der Waals surface area contributed by atoms with Gasteiger partial charge in [0.1, 0.15) is 0 Å². The molecular weight excluding hydrogens is 300 g/mol. The van der Waals surface area contributed by atoms with Gasteiger partial charge in [0.2, 0.25) is 10.0 Å². The van der Waals surface area contributed by atoms with E-state index in [2.05, 4.69) is 11.0 Å². The molecule has 108 valence electrons. The van der Waals surface area contributed by atoms with Gasteiger partial charge in [-0.25, -0.2) is 13.1 Å². The fourth-order valence-electron chi connectivity index (χ4n) is 2.39. The van der Waals surface area contributed by atoms with E-state index in [-0.39, 0.29) is 6.04 Å². The molecule has 1 aliphatic carbocycles. The molecule has 0 spiro atoms. The van der Waals surface area contributed by atoms with Crippen molar-refractivity contribution in [1.82, 2.24) is 4.72 Å². The van der Waals surface area contributed by atoms with Crippen LogP contribution in [-0.4, -0.2) is 26.0 Å². The van der Waals surface area contributed by atoms with Gasteiger partial charge >= 0.3 is 0 Å². The predicted molar refractivity (Wildman–Crippen MR) is 82.1 cm³/mol. The van der Waals surface area contributed by atoms with Gasteiger partial charge in [0.15, 0.2) is 0 Å². The zero-order valence-corrected chi connectivity index (χ0v) is 13.4. The quantitative estimate of drug-likeness (QED) is 0.872. The molecule has 1 aromatic rings. The molecule has 0 aliphatic heterocycles. The maximum absolute atomic E-state index is 12.3. The van der Waals surface area contributed by atoms with Crippen LogP contribution in [-0.2, 0) is 16.6 Å². The van der Waals surface area contributed by atoms with E-state index in [1.807, 2.05) is 0 Å². The summed E-state index contributed by atoms with van der Waals surface area (Å²) >= 11 is 3.15. The summed E-state index contributed by atoms with van der Waals surface area (Å²) in [5.41, 5.74) is 5.53. The molecule has 1 fully saturated rings. The normalized spacial score (nSPS) is 24.5. The van der Waals surface area contributed by atoms with Crippen LogP contribution in [0.2, 0.25) is 0 Å². The van der Waals surface area contributed by atoms with Gasteiger partial charge in [0.05, 0.1) is 4.90 Å². The van der Waals surface area contributed by atoms with Gasteiger partial charge in [-0.2, -0.15) is 11.8 Å². The minimum atomic E-state index is -3.40. The van der Waals surface area contributed by atoms with Crippen molar-refractivity contribution in [3.05, 3.63) is 16.3 Å². The van der Waals surface area contributed by atoms with Crippen molar-refractivity contribution in [1.29, 1.82) is 0 Å². The number of nitrogens with two attached hydrogens (primary N) is 1. The fraction of sp³-hybridized carbons (Fsp3) is 0.667. The van der Waals surface area contributed by atoms with Gasteiger partial charge in [-0.1, -0.05) is 12.8 Å². The Kier molecular flexibility index (Phi) is 5.30. The summed E-state index contributed by atoms with van der Waals surface area (Å²) in [4.78, 5) is 1.24. The third-order valence-electron chi connectivity index (χ3n) is 3.45. The highest BCUT2D eigenvalue weighted by Crippen LogP contribution is 2.29. The molecule has 0 bridgehead atoms. The second-order valence-electron chi connectivity index (χ2n) is 4.74. The number of hydrogen-bond donors (Lipinski definition) is 2. The van der Waals surface area contributed by atoms with Crippen LogP contribution in [0.25, 0.3) is 0 Å². The fourth-order valence-corrected chi connectivity index (χ4v) is 5.88. The van der Waals surface area contributed by atoms with Crippen molar-refractivity contribution in [3.63, 3.8) is 0 Å². The Labute approximate surface area is 123 Å². The highest BCUT2D eigenvalue weighted by molar-refractivity contribution is 7.99. The minimum absolute atomic E-state index is 0.0509. The SMILES string of the molecule is CSC1CCCCC1NS(=O)(=O)c1csc(CN)c1. The Morgan fingerprint density at radius 2 is 2.21 bits per heavy atom. The molecule has 4 nitrogen and oxygen atoms in total. The lowest BCUT2D eigenvalue weighted by atomic mass is 9.96. The van der Waals surface area contributed by atoms with E-state index in [0.29, 0.717) is 16.7 Å². The van der Waals surface area contributed by atoms with Crippen LogP contribution < -0.4 is 10.5 Å². The molecule has 0 saturated heterocycles. The van der Waals surface area contributed by atoms with Crippen LogP contribution in [0.5, 0.6) is 0 Å². The molecule has 2 unspecified atom stereocenters. The summed E-state index contributed by atoms with van der Waals surface area (Å²) in [6, 6.07) is 1.72. The molecule has 0 radical (unpaired) electrons. The average Bonchev–Trinajstić information content (AvgIpc) is 2.88. The lowest BCUT2D eigenvalue weighted by Crippen LogP contribution is -2.43. The predicted octanol–water partition coefficient (Wildman–Crippen LogP) is 2.16. The van der Waals surface area contributed by atoms with Gasteiger partial charge in [-0.3, -0.25) is 0 Å². The molecular formula is C12H20N2O2S3. The Hall–Kier alpha value is -0.0800. The second kappa shape index (κ2) is 6.58. The molecule has 2 rings (SSSR count). The van der Waals surface area contributed by atoms with Gasteiger partial charge in [-0.05, 0) is 25.2 Å². The van der Waals surface area contributed by atoms with Crippen molar-refractivity contribution >= 4 is 33.1 Å². The van der Waals surface area contributed by atoms with Crippen LogP contribution in [0.4, 0.5) is 0 Å². The first kappa shape index (κ1) is 15.3. The number of sulfonamides is 1. The van der Waals surface area contributed by atoms with Crippen LogP contribution in [0, 0.1) is 0 Å². The molecule has 19 heavy (non-hydrogen) atoms. The van der Waals surface area contributed by atoms with E-state index in [9.17, 15) is 8.42 Å². The highest BCUT2D eigenvalue weighted by atomic mass is 32.2. The molecule has 0 aromatic carbocycles. The molecule has 3 N–H and O–H groups in total.